The zero-order valence-electron chi connectivity index (χ0n) is 11.8. The van der Waals surface area contributed by atoms with Gasteiger partial charge < -0.3 is 15.5 Å². The fraction of sp³-hybridized carbons (Fsp3) is 0.923. The highest BCUT2D eigenvalue weighted by Gasteiger charge is 2.43. The van der Waals surface area contributed by atoms with E-state index in [9.17, 15) is 4.79 Å². The van der Waals surface area contributed by atoms with Crippen LogP contribution in [0.25, 0.3) is 0 Å². The third-order valence-electron chi connectivity index (χ3n) is 4.19. The smallest absolute Gasteiger partial charge is 0.227 e. The third-order valence-corrected chi connectivity index (χ3v) is 4.19. The van der Waals surface area contributed by atoms with E-state index in [1.165, 1.54) is 0 Å². The minimum Gasteiger partial charge on any atom is -0.354 e. The molecule has 1 rings (SSSR count). The van der Waals surface area contributed by atoms with E-state index in [2.05, 4.69) is 36.3 Å². The summed E-state index contributed by atoms with van der Waals surface area (Å²) in [5.41, 5.74) is -0.202. The second kappa shape index (κ2) is 5.83. The normalized spacial score (nSPS) is 26.5. The molecule has 100 valence electrons. The molecule has 1 heterocycles. The molecule has 1 fully saturated rings. The van der Waals surface area contributed by atoms with Crippen LogP contribution >= 0.6 is 0 Å². The summed E-state index contributed by atoms with van der Waals surface area (Å²) in [5.74, 6) is 0.596. The molecule has 0 aliphatic carbocycles. The summed E-state index contributed by atoms with van der Waals surface area (Å²) in [6, 6.07) is 0.373. The Morgan fingerprint density at radius 2 is 2.06 bits per heavy atom. The quantitative estimate of drug-likeness (QED) is 0.744. The van der Waals surface area contributed by atoms with Gasteiger partial charge in [0.05, 0.1) is 5.41 Å². The van der Waals surface area contributed by atoms with Crippen molar-refractivity contribution in [3.05, 3.63) is 0 Å². The van der Waals surface area contributed by atoms with Gasteiger partial charge in [-0.1, -0.05) is 13.8 Å². The average Bonchev–Trinajstić information content (AvgIpc) is 2.75. The highest BCUT2D eigenvalue weighted by molar-refractivity contribution is 5.83. The lowest BCUT2D eigenvalue weighted by atomic mass is 9.75. The molecular formula is C13H27N3O. The van der Waals surface area contributed by atoms with Crippen molar-refractivity contribution in [1.29, 1.82) is 0 Å². The van der Waals surface area contributed by atoms with Crippen molar-refractivity contribution in [2.75, 3.05) is 33.7 Å². The third kappa shape index (κ3) is 3.19. The second-order valence-electron chi connectivity index (χ2n) is 5.76. The first kappa shape index (κ1) is 14.5. The zero-order valence-corrected chi connectivity index (χ0v) is 11.8. The van der Waals surface area contributed by atoms with Crippen LogP contribution in [0.4, 0.5) is 0 Å². The van der Waals surface area contributed by atoms with E-state index < -0.39 is 0 Å². The molecule has 2 atom stereocenters. The predicted octanol–water partition coefficient (Wildman–Crippen LogP) is 0.688. The van der Waals surface area contributed by atoms with Crippen molar-refractivity contribution in [3.63, 3.8) is 0 Å². The number of nitrogens with zero attached hydrogens (tertiary/aromatic N) is 1. The molecule has 4 heteroatoms. The number of likely N-dealkylation sites (N-methyl/N-ethyl adjacent to an activating group) is 1. The molecule has 0 aromatic heterocycles. The average molecular weight is 241 g/mol. The summed E-state index contributed by atoms with van der Waals surface area (Å²) in [4.78, 5) is 14.5. The number of carbonyl (C=O) groups excluding carboxylic acids is 1. The summed E-state index contributed by atoms with van der Waals surface area (Å²) in [6.45, 7) is 8.89. The van der Waals surface area contributed by atoms with Gasteiger partial charge >= 0.3 is 0 Å². The molecule has 0 aromatic carbocycles. The number of amides is 1. The van der Waals surface area contributed by atoms with E-state index in [0.717, 1.165) is 26.1 Å². The van der Waals surface area contributed by atoms with Gasteiger partial charge in [0.2, 0.25) is 5.91 Å². The maximum Gasteiger partial charge on any atom is 0.227 e. The van der Waals surface area contributed by atoms with Crippen LogP contribution in [-0.2, 0) is 4.79 Å². The van der Waals surface area contributed by atoms with E-state index in [1.807, 2.05) is 14.1 Å². The Morgan fingerprint density at radius 3 is 2.47 bits per heavy atom. The molecule has 1 aliphatic heterocycles. The Kier molecular flexibility index (Phi) is 4.95. The summed E-state index contributed by atoms with van der Waals surface area (Å²) < 4.78 is 0. The van der Waals surface area contributed by atoms with Crippen molar-refractivity contribution in [2.24, 2.45) is 11.3 Å². The van der Waals surface area contributed by atoms with Gasteiger partial charge in [-0.2, -0.15) is 0 Å². The Balaban J connectivity index is 2.56. The maximum atomic E-state index is 12.4. The molecule has 0 saturated carbocycles. The first-order valence-electron chi connectivity index (χ1n) is 6.55. The van der Waals surface area contributed by atoms with Gasteiger partial charge in [0.25, 0.3) is 0 Å². The Morgan fingerprint density at radius 1 is 1.41 bits per heavy atom. The van der Waals surface area contributed by atoms with E-state index in [1.54, 1.807) is 0 Å². The highest BCUT2D eigenvalue weighted by atomic mass is 16.2. The van der Waals surface area contributed by atoms with Gasteiger partial charge in [-0.25, -0.2) is 0 Å². The van der Waals surface area contributed by atoms with Gasteiger partial charge in [0, 0.05) is 19.1 Å². The molecule has 1 amide bonds. The summed E-state index contributed by atoms with van der Waals surface area (Å²) in [7, 11) is 4.07. The van der Waals surface area contributed by atoms with Gasteiger partial charge in [-0.3, -0.25) is 4.79 Å². The second-order valence-corrected chi connectivity index (χ2v) is 5.76. The Labute approximate surface area is 105 Å². The standard InChI is InChI=1S/C13H27N3O/c1-10(2)13(6-7-14-9-13)12(17)15-8-11(3)16(4)5/h10-11,14H,6-9H2,1-5H3,(H,15,17). The zero-order chi connectivity index (χ0) is 13.1. The number of nitrogens with one attached hydrogen (secondary N) is 2. The SMILES string of the molecule is CC(CNC(=O)C1(C(C)C)CCNC1)N(C)C. The lowest BCUT2D eigenvalue weighted by molar-refractivity contribution is -0.132. The number of carbonyl (C=O) groups is 1. The van der Waals surface area contributed by atoms with Gasteiger partial charge in [-0.15, -0.1) is 0 Å². The summed E-state index contributed by atoms with van der Waals surface area (Å²) in [5, 5.41) is 6.42. The van der Waals surface area contributed by atoms with E-state index in [4.69, 9.17) is 0 Å². The van der Waals surface area contributed by atoms with Crippen molar-refractivity contribution >= 4 is 5.91 Å². The van der Waals surface area contributed by atoms with E-state index in [-0.39, 0.29) is 11.3 Å². The molecular weight excluding hydrogens is 214 g/mol. The molecule has 2 N–H and O–H groups in total. The number of hydrogen-bond acceptors (Lipinski definition) is 3. The minimum atomic E-state index is -0.202. The van der Waals surface area contributed by atoms with E-state index >= 15 is 0 Å². The van der Waals surface area contributed by atoms with Crippen LogP contribution < -0.4 is 10.6 Å². The molecule has 17 heavy (non-hydrogen) atoms. The summed E-state index contributed by atoms with van der Waals surface area (Å²) in [6.07, 6.45) is 0.951. The molecule has 0 aromatic rings. The Bertz CT molecular complexity index is 257. The number of hydrogen-bond donors (Lipinski definition) is 2. The molecule has 0 bridgehead atoms. The minimum absolute atomic E-state index is 0.202. The highest BCUT2D eigenvalue weighted by Crippen LogP contribution is 2.34. The predicted molar refractivity (Wildman–Crippen MR) is 70.9 cm³/mol. The topological polar surface area (TPSA) is 44.4 Å². The largest absolute Gasteiger partial charge is 0.354 e. The van der Waals surface area contributed by atoms with Crippen LogP contribution in [0.15, 0.2) is 0 Å². The van der Waals surface area contributed by atoms with Gasteiger partial charge in [0.1, 0.15) is 0 Å². The first-order valence-corrected chi connectivity index (χ1v) is 6.55. The van der Waals surface area contributed by atoms with Crippen LogP contribution in [0, 0.1) is 11.3 Å². The van der Waals surface area contributed by atoms with Gasteiger partial charge in [0.15, 0.2) is 0 Å². The van der Waals surface area contributed by atoms with Crippen LogP contribution in [0.3, 0.4) is 0 Å². The molecule has 0 spiro atoms. The lowest BCUT2D eigenvalue weighted by Crippen LogP contribution is -2.49. The summed E-state index contributed by atoms with van der Waals surface area (Å²) >= 11 is 0. The molecule has 0 radical (unpaired) electrons. The van der Waals surface area contributed by atoms with Crippen molar-refractivity contribution in [3.8, 4) is 0 Å². The van der Waals surface area contributed by atoms with Crippen molar-refractivity contribution in [1.82, 2.24) is 15.5 Å². The van der Waals surface area contributed by atoms with Crippen LogP contribution in [-0.4, -0.2) is 50.6 Å². The molecule has 1 saturated heterocycles. The van der Waals surface area contributed by atoms with Crippen LogP contribution in [0.2, 0.25) is 0 Å². The monoisotopic (exact) mass is 241 g/mol. The fourth-order valence-electron chi connectivity index (χ4n) is 2.26. The van der Waals surface area contributed by atoms with E-state index in [0.29, 0.717) is 12.0 Å². The number of rotatable bonds is 5. The van der Waals surface area contributed by atoms with Crippen molar-refractivity contribution in [2.45, 2.75) is 33.2 Å². The lowest BCUT2D eigenvalue weighted by Gasteiger charge is -2.32. The first-order chi connectivity index (χ1) is 7.90. The maximum absolute atomic E-state index is 12.4. The van der Waals surface area contributed by atoms with Crippen LogP contribution in [0.1, 0.15) is 27.2 Å². The molecule has 4 nitrogen and oxygen atoms in total. The molecule has 1 aliphatic rings. The van der Waals surface area contributed by atoms with Crippen LogP contribution in [0.5, 0.6) is 0 Å². The Hall–Kier alpha value is -0.610. The van der Waals surface area contributed by atoms with Crippen molar-refractivity contribution < 1.29 is 4.79 Å². The molecule has 2 unspecified atom stereocenters. The fourth-order valence-corrected chi connectivity index (χ4v) is 2.26. The van der Waals surface area contributed by atoms with Gasteiger partial charge in [-0.05, 0) is 39.9 Å².